The molecule has 0 aromatic carbocycles. The van der Waals surface area contributed by atoms with E-state index in [2.05, 4.69) is 22.4 Å². The third-order valence-corrected chi connectivity index (χ3v) is 2.46. The van der Waals surface area contributed by atoms with Gasteiger partial charge >= 0.3 is 5.97 Å². The molecule has 0 spiro atoms. The van der Waals surface area contributed by atoms with Crippen LogP contribution in [0.1, 0.15) is 51.4 Å². The molecule has 6 nitrogen and oxygen atoms in total. The van der Waals surface area contributed by atoms with Gasteiger partial charge in [-0.25, -0.2) is 9.48 Å². The van der Waals surface area contributed by atoms with E-state index in [1.165, 1.54) is 4.68 Å². The summed E-state index contributed by atoms with van der Waals surface area (Å²) in [6, 6.07) is -0.633. The van der Waals surface area contributed by atoms with Crippen LogP contribution in [0.5, 0.6) is 0 Å². The summed E-state index contributed by atoms with van der Waals surface area (Å²) >= 11 is 0. The predicted octanol–water partition coefficient (Wildman–Crippen LogP) is 1.44. The first-order valence-corrected chi connectivity index (χ1v) is 5.70. The molecule has 1 atom stereocenters. The van der Waals surface area contributed by atoms with E-state index in [0.717, 1.165) is 25.7 Å². The van der Waals surface area contributed by atoms with Crippen LogP contribution in [0.3, 0.4) is 0 Å². The summed E-state index contributed by atoms with van der Waals surface area (Å²) in [6.07, 6.45) is 4.09. The highest BCUT2D eigenvalue weighted by Crippen LogP contribution is 2.15. The monoisotopic (exact) mass is 226 g/mol. The molecule has 0 aliphatic carbocycles. The summed E-state index contributed by atoms with van der Waals surface area (Å²) in [5.41, 5.74) is 0. The minimum atomic E-state index is -0.869. The third-order valence-electron chi connectivity index (χ3n) is 2.46. The molecule has 0 bridgehead atoms. The fourth-order valence-electron chi connectivity index (χ4n) is 1.58. The molecular formula is C10H18N4O2. The number of carboxylic acid groups (broad SMARTS) is 1. The molecule has 0 aliphatic heterocycles. The smallest absolute Gasteiger partial charge is 0.328 e. The molecule has 16 heavy (non-hydrogen) atoms. The Hall–Kier alpha value is -1.46. The van der Waals surface area contributed by atoms with Gasteiger partial charge < -0.3 is 5.11 Å². The summed E-state index contributed by atoms with van der Waals surface area (Å²) in [6.45, 7) is 4.03. The van der Waals surface area contributed by atoms with E-state index in [1.807, 2.05) is 6.92 Å². The second-order valence-electron chi connectivity index (χ2n) is 3.79. The van der Waals surface area contributed by atoms with Crippen LogP contribution >= 0.6 is 0 Å². The average Bonchev–Trinajstić information content (AvgIpc) is 2.70. The Balaban J connectivity index is 2.82. The van der Waals surface area contributed by atoms with E-state index in [0.29, 0.717) is 12.2 Å². The Morgan fingerprint density at radius 2 is 2.19 bits per heavy atom. The number of hydrogen-bond acceptors (Lipinski definition) is 4. The Labute approximate surface area is 94.7 Å². The Bertz CT molecular complexity index is 337. The highest BCUT2D eigenvalue weighted by atomic mass is 16.4. The first-order chi connectivity index (χ1) is 7.70. The second kappa shape index (κ2) is 6.19. The van der Waals surface area contributed by atoms with Crippen molar-refractivity contribution < 1.29 is 9.90 Å². The Kier molecular flexibility index (Phi) is 4.88. The van der Waals surface area contributed by atoms with E-state index < -0.39 is 12.0 Å². The van der Waals surface area contributed by atoms with Crippen LogP contribution in [0.2, 0.25) is 0 Å². The van der Waals surface area contributed by atoms with Gasteiger partial charge in [0.2, 0.25) is 0 Å². The molecule has 0 aliphatic rings. The number of aliphatic carboxylic acids is 1. The minimum Gasteiger partial charge on any atom is -0.480 e. The van der Waals surface area contributed by atoms with Crippen molar-refractivity contribution >= 4 is 5.97 Å². The van der Waals surface area contributed by atoms with Gasteiger partial charge in [0, 0.05) is 6.42 Å². The predicted molar refractivity (Wildman–Crippen MR) is 58.0 cm³/mol. The molecule has 0 saturated heterocycles. The molecule has 6 heteroatoms. The topological polar surface area (TPSA) is 80.9 Å². The molecule has 1 rings (SSSR count). The molecule has 0 amide bonds. The van der Waals surface area contributed by atoms with Crippen LogP contribution < -0.4 is 0 Å². The van der Waals surface area contributed by atoms with Crippen molar-refractivity contribution in [2.24, 2.45) is 0 Å². The van der Waals surface area contributed by atoms with E-state index in [-0.39, 0.29) is 0 Å². The molecule has 1 N–H and O–H groups in total. The molecule has 0 radical (unpaired) electrons. The maximum Gasteiger partial charge on any atom is 0.328 e. The number of rotatable bonds is 7. The number of carboxylic acids is 1. The first kappa shape index (κ1) is 12.6. The fourth-order valence-corrected chi connectivity index (χ4v) is 1.58. The van der Waals surface area contributed by atoms with E-state index in [4.69, 9.17) is 5.11 Å². The van der Waals surface area contributed by atoms with Gasteiger partial charge in [0.05, 0.1) is 0 Å². The number of tetrazole rings is 1. The maximum atomic E-state index is 11.1. The van der Waals surface area contributed by atoms with Crippen LogP contribution in [0.15, 0.2) is 0 Å². The fraction of sp³-hybridized carbons (Fsp3) is 0.800. The number of aryl methyl sites for hydroxylation is 1. The van der Waals surface area contributed by atoms with Crippen molar-refractivity contribution in [2.45, 2.75) is 52.0 Å². The second-order valence-corrected chi connectivity index (χ2v) is 3.79. The van der Waals surface area contributed by atoms with E-state index >= 15 is 0 Å². The van der Waals surface area contributed by atoms with Gasteiger partial charge in [0.15, 0.2) is 11.9 Å². The highest BCUT2D eigenvalue weighted by molar-refractivity contribution is 5.71. The Morgan fingerprint density at radius 3 is 2.75 bits per heavy atom. The zero-order valence-electron chi connectivity index (χ0n) is 9.76. The van der Waals surface area contributed by atoms with Crippen LogP contribution in [-0.4, -0.2) is 31.3 Å². The van der Waals surface area contributed by atoms with Crippen LogP contribution in [0.25, 0.3) is 0 Å². The quantitative estimate of drug-likeness (QED) is 0.760. The van der Waals surface area contributed by atoms with Gasteiger partial charge in [-0.2, -0.15) is 0 Å². The standard InChI is InChI=1S/C10H18N4O2/c1-3-5-7-9-11-12-13-14(9)8(6-4-2)10(15)16/h8H,3-7H2,1-2H3,(H,15,16). The normalized spacial score (nSPS) is 12.6. The molecular weight excluding hydrogens is 208 g/mol. The molecule has 0 fully saturated rings. The lowest BCUT2D eigenvalue weighted by Gasteiger charge is -2.12. The van der Waals surface area contributed by atoms with Gasteiger partial charge in [-0.3, -0.25) is 0 Å². The van der Waals surface area contributed by atoms with E-state index in [1.54, 1.807) is 0 Å². The number of carbonyl (C=O) groups is 1. The highest BCUT2D eigenvalue weighted by Gasteiger charge is 2.22. The van der Waals surface area contributed by atoms with Crippen LogP contribution in [-0.2, 0) is 11.2 Å². The molecule has 1 aromatic rings. The van der Waals surface area contributed by atoms with Gasteiger partial charge in [-0.05, 0) is 23.3 Å². The summed E-state index contributed by atoms with van der Waals surface area (Å²) in [4.78, 5) is 11.1. The number of unbranched alkanes of at least 4 members (excludes halogenated alkanes) is 1. The van der Waals surface area contributed by atoms with Crippen molar-refractivity contribution in [3.05, 3.63) is 5.82 Å². The lowest BCUT2D eigenvalue weighted by atomic mass is 10.1. The lowest BCUT2D eigenvalue weighted by molar-refractivity contribution is -0.141. The zero-order chi connectivity index (χ0) is 12.0. The van der Waals surface area contributed by atoms with Crippen molar-refractivity contribution in [3.8, 4) is 0 Å². The van der Waals surface area contributed by atoms with Gasteiger partial charge in [0.1, 0.15) is 0 Å². The summed E-state index contributed by atoms with van der Waals surface area (Å²) in [5.74, 6) is -0.199. The summed E-state index contributed by atoms with van der Waals surface area (Å²) in [5, 5.41) is 20.3. The van der Waals surface area contributed by atoms with E-state index in [9.17, 15) is 4.79 Å². The lowest BCUT2D eigenvalue weighted by Crippen LogP contribution is -2.22. The van der Waals surface area contributed by atoms with Crippen molar-refractivity contribution in [2.75, 3.05) is 0 Å². The third kappa shape index (κ3) is 3.01. The van der Waals surface area contributed by atoms with Crippen molar-refractivity contribution in [1.82, 2.24) is 20.2 Å². The minimum absolute atomic E-state index is 0.555. The SMILES string of the molecule is CCCCc1nnnn1C(CCC)C(=O)O. The van der Waals surface area contributed by atoms with Crippen LogP contribution in [0, 0.1) is 0 Å². The molecule has 0 saturated carbocycles. The zero-order valence-corrected chi connectivity index (χ0v) is 9.76. The number of aromatic nitrogens is 4. The van der Waals surface area contributed by atoms with Gasteiger partial charge in [-0.15, -0.1) is 5.10 Å². The maximum absolute atomic E-state index is 11.1. The van der Waals surface area contributed by atoms with Gasteiger partial charge in [-0.1, -0.05) is 26.7 Å². The van der Waals surface area contributed by atoms with Gasteiger partial charge in [0.25, 0.3) is 0 Å². The number of nitrogens with zero attached hydrogens (tertiary/aromatic N) is 4. The first-order valence-electron chi connectivity index (χ1n) is 5.70. The molecule has 1 heterocycles. The van der Waals surface area contributed by atoms with Crippen molar-refractivity contribution in [1.29, 1.82) is 0 Å². The average molecular weight is 226 g/mol. The van der Waals surface area contributed by atoms with Crippen LogP contribution in [0.4, 0.5) is 0 Å². The Morgan fingerprint density at radius 1 is 1.44 bits per heavy atom. The largest absolute Gasteiger partial charge is 0.480 e. The number of hydrogen-bond donors (Lipinski definition) is 1. The van der Waals surface area contributed by atoms with Crippen molar-refractivity contribution in [3.63, 3.8) is 0 Å². The summed E-state index contributed by atoms with van der Waals surface area (Å²) < 4.78 is 1.45. The molecule has 90 valence electrons. The molecule has 1 unspecified atom stereocenters. The summed E-state index contributed by atoms with van der Waals surface area (Å²) in [7, 11) is 0. The molecule has 1 aromatic heterocycles.